The zero-order chi connectivity index (χ0) is 45.2. The Bertz CT molecular complexity index is 981. The first kappa shape index (κ1) is 60.3. The molecular weight excluding hydrogens is 767 g/mol. The van der Waals surface area contributed by atoms with Crippen molar-refractivity contribution >= 4 is 11.9 Å². The molecule has 6 nitrogen and oxygen atoms in total. The van der Waals surface area contributed by atoms with Gasteiger partial charge in [0.05, 0.1) is 25.2 Å². The molecule has 0 fully saturated rings. The number of allylic oxidation sites excluding steroid dienone is 4. The van der Waals surface area contributed by atoms with Gasteiger partial charge in [-0.15, -0.1) is 0 Å². The van der Waals surface area contributed by atoms with Crippen LogP contribution in [0.5, 0.6) is 0 Å². The molecule has 62 heavy (non-hydrogen) atoms. The molecule has 0 saturated heterocycles. The Balaban J connectivity index is 4.53. The summed E-state index contributed by atoms with van der Waals surface area (Å²) < 4.78 is 5.92. The van der Waals surface area contributed by atoms with Crippen LogP contribution in [0.4, 0.5) is 0 Å². The summed E-state index contributed by atoms with van der Waals surface area (Å²) >= 11 is 0. The van der Waals surface area contributed by atoms with Crippen molar-refractivity contribution < 1.29 is 24.5 Å². The summed E-state index contributed by atoms with van der Waals surface area (Å²) in [6, 6.07) is -0.708. The molecule has 0 aromatic heterocycles. The maximum atomic E-state index is 13.2. The summed E-state index contributed by atoms with van der Waals surface area (Å²) in [6.07, 6.45) is 58.1. The van der Waals surface area contributed by atoms with Gasteiger partial charge < -0.3 is 20.3 Å². The third-order valence-electron chi connectivity index (χ3n) is 12.8. The molecule has 3 N–H and O–H groups in total. The van der Waals surface area contributed by atoms with Crippen molar-refractivity contribution in [3.05, 3.63) is 24.3 Å². The first-order valence-corrected chi connectivity index (χ1v) is 27.6. The third-order valence-corrected chi connectivity index (χ3v) is 12.8. The molecule has 3 unspecified atom stereocenters. The van der Waals surface area contributed by atoms with E-state index in [1.54, 1.807) is 0 Å². The molecule has 0 aromatic rings. The summed E-state index contributed by atoms with van der Waals surface area (Å²) in [5.41, 5.74) is 0. The first-order chi connectivity index (χ1) is 30.5. The Morgan fingerprint density at radius 3 is 1.18 bits per heavy atom. The molecule has 0 heterocycles. The second kappa shape index (κ2) is 50.3. The predicted octanol–water partition coefficient (Wildman–Crippen LogP) is 16.7. The van der Waals surface area contributed by atoms with Crippen molar-refractivity contribution in [2.45, 2.75) is 315 Å². The highest BCUT2D eigenvalue weighted by Gasteiger charge is 2.24. The number of hydrogen-bond acceptors (Lipinski definition) is 5. The number of hydrogen-bond donors (Lipinski definition) is 3. The predicted molar refractivity (Wildman–Crippen MR) is 269 cm³/mol. The van der Waals surface area contributed by atoms with Gasteiger partial charge in [-0.25, -0.2) is 0 Å². The fourth-order valence-electron chi connectivity index (χ4n) is 8.54. The van der Waals surface area contributed by atoms with E-state index < -0.39 is 18.2 Å². The largest absolute Gasteiger partial charge is 0.462 e. The molecule has 0 aliphatic carbocycles. The highest BCUT2D eigenvalue weighted by Crippen LogP contribution is 2.18. The van der Waals surface area contributed by atoms with Crippen LogP contribution in [0, 0.1) is 0 Å². The second-order valence-corrected chi connectivity index (χ2v) is 19.0. The van der Waals surface area contributed by atoms with Crippen molar-refractivity contribution in [1.29, 1.82) is 0 Å². The van der Waals surface area contributed by atoms with Gasteiger partial charge >= 0.3 is 5.97 Å². The van der Waals surface area contributed by atoms with Gasteiger partial charge in [-0.3, -0.25) is 9.59 Å². The van der Waals surface area contributed by atoms with E-state index in [1.165, 1.54) is 193 Å². The number of amides is 1. The molecule has 3 atom stereocenters. The van der Waals surface area contributed by atoms with Crippen LogP contribution in [0.1, 0.15) is 297 Å². The van der Waals surface area contributed by atoms with Crippen molar-refractivity contribution in [2.75, 3.05) is 6.61 Å². The molecule has 0 bridgehead atoms. The number of ether oxygens (including phenoxy) is 1. The smallest absolute Gasteiger partial charge is 0.306 e. The molecule has 366 valence electrons. The minimum absolute atomic E-state index is 0.0577. The first-order valence-electron chi connectivity index (χ1n) is 27.6. The summed E-state index contributed by atoms with van der Waals surface area (Å²) in [6.45, 7) is 6.49. The fourth-order valence-corrected chi connectivity index (χ4v) is 8.54. The van der Waals surface area contributed by atoms with Gasteiger partial charge in [-0.2, -0.15) is 0 Å². The Morgan fingerprint density at radius 2 is 0.790 bits per heavy atom. The third kappa shape index (κ3) is 44.9. The molecule has 0 radical (unpaired) electrons. The van der Waals surface area contributed by atoms with Gasteiger partial charge in [-0.1, -0.05) is 238 Å². The lowest BCUT2D eigenvalue weighted by Gasteiger charge is -2.24. The lowest BCUT2D eigenvalue weighted by atomic mass is 10.0. The van der Waals surface area contributed by atoms with Crippen LogP contribution < -0.4 is 5.32 Å². The van der Waals surface area contributed by atoms with Crippen LogP contribution >= 0.6 is 0 Å². The minimum Gasteiger partial charge on any atom is -0.462 e. The SMILES string of the molecule is CCCCCCCCC/C=C\CCCC(CC(=O)NC(CO)C(O)CCCCCCCCCCCCCCCCC)OC(=O)CCCCCCC/C=C/CCCCCCCCC. The van der Waals surface area contributed by atoms with Gasteiger partial charge in [0.1, 0.15) is 6.10 Å². The molecule has 0 saturated carbocycles. The van der Waals surface area contributed by atoms with Crippen molar-refractivity contribution in [3.63, 3.8) is 0 Å². The monoisotopic (exact) mass is 874 g/mol. The Morgan fingerprint density at radius 1 is 0.452 bits per heavy atom. The van der Waals surface area contributed by atoms with Crippen molar-refractivity contribution in [3.8, 4) is 0 Å². The minimum atomic E-state index is -0.792. The maximum absolute atomic E-state index is 13.2. The van der Waals surface area contributed by atoms with E-state index in [-0.39, 0.29) is 24.9 Å². The van der Waals surface area contributed by atoms with E-state index in [4.69, 9.17) is 4.74 Å². The highest BCUT2D eigenvalue weighted by atomic mass is 16.5. The maximum Gasteiger partial charge on any atom is 0.306 e. The van der Waals surface area contributed by atoms with Crippen LogP contribution in [-0.4, -0.2) is 46.9 Å². The van der Waals surface area contributed by atoms with Gasteiger partial charge in [0.25, 0.3) is 0 Å². The van der Waals surface area contributed by atoms with E-state index in [9.17, 15) is 19.8 Å². The quantitative estimate of drug-likeness (QED) is 0.0321. The van der Waals surface area contributed by atoms with E-state index in [1.807, 2.05) is 0 Å². The van der Waals surface area contributed by atoms with Crippen LogP contribution in [0.15, 0.2) is 24.3 Å². The van der Waals surface area contributed by atoms with Crippen LogP contribution in [0.2, 0.25) is 0 Å². The standard InChI is InChI=1S/C56H107NO5/c1-4-7-10-13-16-19-22-25-27-29-31-34-37-40-43-46-49-56(61)62-52(47-44-41-38-35-32-24-21-18-15-12-9-6-3)50-55(60)57-53(51-58)54(59)48-45-42-39-36-33-30-28-26-23-20-17-14-11-8-5-2/h27,29,35,38,52-54,58-59H,4-26,28,30-34,36-37,39-51H2,1-3H3,(H,57,60)/b29-27+,38-35-. The van der Waals surface area contributed by atoms with Crippen molar-refractivity contribution in [2.24, 2.45) is 0 Å². The van der Waals surface area contributed by atoms with Gasteiger partial charge in [0.2, 0.25) is 5.91 Å². The number of esters is 1. The lowest BCUT2D eigenvalue weighted by Crippen LogP contribution is -2.46. The number of nitrogens with one attached hydrogen (secondary N) is 1. The number of aliphatic hydroxyl groups excluding tert-OH is 2. The van der Waals surface area contributed by atoms with E-state index in [2.05, 4.69) is 50.4 Å². The average molecular weight is 874 g/mol. The van der Waals surface area contributed by atoms with E-state index in [0.29, 0.717) is 19.3 Å². The zero-order valence-electron chi connectivity index (χ0n) is 41.8. The molecule has 0 aromatic carbocycles. The normalized spacial score (nSPS) is 13.3. The lowest BCUT2D eigenvalue weighted by molar-refractivity contribution is -0.151. The number of unbranched alkanes of at least 4 members (excludes halogenated alkanes) is 34. The molecule has 1 amide bonds. The summed E-state index contributed by atoms with van der Waals surface area (Å²) in [4.78, 5) is 26.2. The van der Waals surface area contributed by atoms with Crippen LogP contribution in [-0.2, 0) is 14.3 Å². The molecule has 0 spiro atoms. The van der Waals surface area contributed by atoms with Gasteiger partial charge in [-0.05, 0) is 70.6 Å². The second-order valence-electron chi connectivity index (χ2n) is 19.0. The van der Waals surface area contributed by atoms with Crippen LogP contribution in [0.25, 0.3) is 0 Å². The fraction of sp³-hybridized carbons (Fsp3) is 0.893. The van der Waals surface area contributed by atoms with Crippen molar-refractivity contribution in [1.82, 2.24) is 5.32 Å². The number of aliphatic hydroxyl groups is 2. The van der Waals surface area contributed by atoms with Gasteiger partial charge in [0, 0.05) is 6.42 Å². The summed E-state index contributed by atoms with van der Waals surface area (Å²) in [5.74, 6) is -0.499. The average Bonchev–Trinajstić information content (AvgIpc) is 3.26. The Kier molecular flexibility index (Phi) is 49.0. The van der Waals surface area contributed by atoms with Crippen LogP contribution in [0.3, 0.4) is 0 Å². The zero-order valence-corrected chi connectivity index (χ0v) is 41.8. The number of rotatable bonds is 50. The van der Waals surface area contributed by atoms with Gasteiger partial charge in [0.15, 0.2) is 0 Å². The molecule has 0 aliphatic rings. The van der Waals surface area contributed by atoms with E-state index in [0.717, 1.165) is 57.8 Å². The topological polar surface area (TPSA) is 95.9 Å². The summed E-state index contributed by atoms with van der Waals surface area (Å²) in [7, 11) is 0. The molecule has 0 rings (SSSR count). The molecule has 0 aliphatic heterocycles. The Hall–Kier alpha value is -1.66. The number of carbonyl (C=O) groups excluding carboxylic acids is 2. The number of carbonyl (C=O) groups is 2. The summed E-state index contributed by atoms with van der Waals surface area (Å²) in [5, 5.41) is 23.8. The van der Waals surface area contributed by atoms with E-state index >= 15 is 0 Å². The molecule has 6 heteroatoms. The Labute approximate surface area is 386 Å². The molecular formula is C56H107NO5. The highest BCUT2D eigenvalue weighted by molar-refractivity contribution is 5.77.